The van der Waals surface area contributed by atoms with Gasteiger partial charge in [0.15, 0.2) is 0 Å². The molecule has 2 aromatic rings. The third-order valence-electron chi connectivity index (χ3n) is 5.43. The van der Waals surface area contributed by atoms with E-state index in [0.717, 1.165) is 45.3 Å². The number of anilines is 1. The number of piperidine rings is 1. The Hall–Kier alpha value is -2.29. The van der Waals surface area contributed by atoms with Crippen molar-refractivity contribution in [3.63, 3.8) is 0 Å². The molecular formula is C23H27ClF3N3O2. The smallest absolute Gasteiger partial charge is 0.405 e. The number of amides is 1. The van der Waals surface area contributed by atoms with Crippen molar-refractivity contribution in [1.29, 1.82) is 0 Å². The SMILES string of the molecule is CNCCCN1CCCCC1C(=O)Nc1ccc(-c2ccccc2OC(F)(F)F)c(Cl)c1. The molecule has 174 valence electrons. The first-order valence-corrected chi connectivity index (χ1v) is 11.0. The summed E-state index contributed by atoms with van der Waals surface area (Å²) in [5, 5.41) is 6.25. The molecule has 5 nitrogen and oxygen atoms in total. The fourth-order valence-electron chi connectivity index (χ4n) is 3.95. The molecule has 1 heterocycles. The van der Waals surface area contributed by atoms with Gasteiger partial charge in [0.05, 0.1) is 11.1 Å². The van der Waals surface area contributed by atoms with Gasteiger partial charge in [-0.3, -0.25) is 9.69 Å². The van der Waals surface area contributed by atoms with Crippen molar-refractivity contribution in [3.8, 4) is 16.9 Å². The number of para-hydroxylation sites is 1. The predicted octanol–water partition coefficient (Wildman–Crippen LogP) is 5.31. The van der Waals surface area contributed by atoms with Gasteiger partial charge in [-0.2, -0.15) is 0 Å². The van der Waals surface area contributed by atoms with Gasteiger partial charge in [-0.1, -0.05) is 42.3 Å². The average Bonchev–Trinajstić information content (AvgIpc) is 2.74. The van der Waals surface area contributed by atoms with Gasteiger partial charge in [0.25, 0.3) is 0 Å². The maximum Gasteiger partial charge on any atom is 0.573 e. The minimum atomic E-state index is -4.81. The van der Waals surface area contributed by atoms with Gasteiger partial charge in [0.1, 0.15) is 5.75 Å². The maximum absolute atomic E-state index is 12.9. The number of nitrogens with zero attached hydrogens (tertiary/aromatic N) is 1. The van der Waals surface area contributed by atoms with Gasteiger partial charge < -0.3 is 15.4 Å². The number of ether oxygens (including phenoxy) is 1. The lowest BCUT2D eigenvalue weighted by molar-refractivity contribution is -0.274. The first-order valence-electron chi connectivity index (χ1n) is 10.6. The average molecular weight is 470 g/mol. The Labute approximate surface area is 190 Å². The molecule has 1 aliphatic heterocycles. The molecule has 1 saturated heterocycles. The number of rotatable bonds is 8. The van der Waals surface area contributed by atoms with Crippen LogP contribution in [-0.2, 0) is 4.79 Å². The molecule has 0 aromatic heterocycles. The monoisotopic (exact) mass is 469 g/mol. The first-order chi connectivity index (χ1) is 15.3. The summed E-state index contributed by atoms with van der Waals surface area (Å²) in [6.07, 6.45) is -0.991. The van der Waals surface area contributed by atoms with Gasteiger partial charge >= 0.3 is 6.36 Å². The lowest BCUT2D eigenvalue weighted by atomic mass is 10.0. The van der Waals surface area contributed by atoms with Crippen LogP contribution in [0.4, 0.5) is 18.9 Å². The van der Waals surface area contributed by atoms with Crippen molar-refractivity contribution >= 4 is 23.2 Å². The van der Waals surface area contributed by atoms with E-state index in [-0.39, 0.29) is 28.3 Å². The number of carbonyl (C=O) groups is 1. The minimum Gasteiger partial charge on any atom is -0.405 e. The summed E-state index contributed by atoms with van der Waals surface area (Å²) in [6.45, 7) is 2.62. The highest BCUT2D eigenvalue weighted by atomic mass is 35.5. The Morgan fingerprint density at radius 1 is 1.19 bits per heavy atom. The molecule has 0 bridgehead atoms. The molecule has 1 aliphatic rings. The summed E-state index contributed by atoms with van der Waals surface area (Å²) in [5.41, 5.74) is 1.10. The van der Waals surface area contributed by atoms with Crippen LogP contribution in [0, 0.1) is 0 Å². The van der Waals surface area contributed by atoms with Crippen LogP contribution in [0.2, 0.25) is 5.02 Å². The molecule has 0 aliphatic carbocycles. The Morgan fingerprint density at radius 2 is 1.97 bits per heavy atom. The zero-order chi connectivity index (χ0) is 23.1. The second-order valence-corrected chi connectivity index (χ2v) is 8.14. The third-order valence-corrected chi connectivity index (χ3v) is 5.74. The van der Waals surface area contributed by atoms with E-state index in [2.05, 4.69) is 20.3 Å². The summed E-state index contributed by atoms with van der Waals surface area (Å²) in [7, 11) is 1.90. The van der Waals surface area contributed by atoms with Crippen LogP contribution in [0.15, 0.2) is 42.5 Å². The first kappa shape index (κ1) is 24.4. The van der Waals surface area contributed by atoms with E-state index in [1.807, 2.05) is 7.05 Å². The van der Waals surface area contributed by atoms with Gasteiger partial charge in [0.2, 0.25) is 5.91 Å². The fourth-order valence-corrected chi connectivity index (χ4v) is 4.24. The number of likely N-dealkylation sites (tertiary alicyclic amines) is 1. The number of carbonyl (C=O) groups excluding carboxylic acids is 1. The zero-order valence-electron chi connectivity index (χ0n) is 17.8. The van der Waals surface area contributed by atoms with E-state index in [9.17, 15) is 18.0 Å². The van der Waals surface area contributed by atoms with Crippen molar-refractivity contribution in [2.45, 2.75) is 38.1 Å². The van der Waals surface area contributed by atoms with Gasteiger partial charge in [0, 0.05) is 23.4 Å². The minimum absolute atomic E-state index is 0.0984. The topological polar surface area (TPSA) is 53.6 Å². The molecule has 0 radical (unpaired) electrons. The highest BCUT2D eigenvalue weighted by Crippen LogP contribution is 2.38. The summed E-state index contributed by atoms with van der Waals surface area (Å²) in [6, 6.07) is 10.4. The van der Waals surface area contributed by atoms with E-state index in [4.69, 9.17) is 11.6 Å². The van der Waals surface area contributed by atoms with Crippen molar-refractivity contribution in [3.05, 3.63) is 47.5 Å². The number of alkyl halides is 3. The van der Waals surface area contributed by atoms with E-state index in [0.29, 0.717) is 11.3 Å². The second kappa shape index (κ2) is 11.0. The lowest BCUT2D eigenvalue weighted by Crippen LogP contribution is -2.47. The molecule has 32 heavy (non-hydrogen) atoms. The molecule has 1 atom stereocenters. The van der Waals surface area contributed by atoms with Crippen LogP contribution in [0.3, 0.4) is 0 Å². The Bertz CT molecular complexity index is 924. The standard InChI is InChI=1S/C23H27ClF3N3O2/c1-28-12-6-14-30-13-5-4-8-20(30)22(31)29-16-10-11-17(19(24)15-16)18-7-2-3-9-21(18)32-23(25,26)27/h2-3,7,9-11,15,20,28H,4-6,8,12-14H2,1H3,(H,29,31). The Kier molecular flexibility index (Phi) is 8.39. The molecule has 2 N–H and O–H groups in total. The summed E-state index contributed by atoms with van der Waals surface area (Å²) in [4.78, 5) is 15.1. The molecule has 0 spiro atoms. The highest BCUT2D eigenvalue weighted by Gasteiger charge is 2.32. The molecular weight excluding hydrogens is 443 g/mol. The van der Waals surface area contributed by atoms with E-state index >= 15 is 0 Å². The molecule has 1 fully saturated rings. The van der Waals surface area contributed by atoms with Crippen molar-refractivity contribution in [2.24, 2.45) is 0 Å². The van der Waals surface area contributed by atoms with Crippen LogP contribution in [0.5, 0.6) is 5.75 Å². The molecule has 9 heteroatoms. The van der Waals surface area contributed by atoms with E-state index in [1.165, 1.54) is 18.2 Å². The van der Waals surface area contributed by atoms with Gasteiger partial charge in [-0.05, 0) is 57.6 Å². The summed E-state index contributed by atoms with van der Waals surface area (Å²) >= 11 is 6.38. The fraction of sp³-hybridized carbons (Fsp3) is 0.435. The van der Waals surface area contributed by atoms with Crippen molar-refractivity contribution < 1.29 is 22.7 Å². The summed E-state index contributed by atoms with van der Waals surface area (Å²) in [5.74, 6) is -0.433. The molecule has 3 rings (SSSR count). The quantitative estimate of drug-likeness (QED) is 0.514. The number of nitrogens with one attached hydrogen (secondary N) is 2. The number of hydrogen-bond acceptors (Lipinski definition) is 4. The predicted molar refractivity (Wildman–Crippen MR) is 120 cm³/mol. The molecule has 0 saturated carbocycles. The van der Waals surface area contributed by atoms with E-state index in [1.54, 1.807) is 24.3 Å². The molecule has 1 amide bonds. The Balaban J connectivity index is 1.74. The van der Waals surface area contributed by atoms with Gasteiger partial charge in [-0.25, -0.2) is 0 Å². The van der Waals surface area contributed by atoms with Gasteiger partial charge in [-0.15, -0.1) is 13.2 Å². The highest BCUT2D eigenvalue weighted by molar-refractivity contribution is 6.33. The zero-order valence-corrected chi connectivity index (χ0v) is 18.6. The summed E-state index contributed by atoms with van der Waals surface area (Å²) < 4.78 is 42.4. The third kappa shape index (κ3) is 6.60. The van der Waals surface area contributed by atoms with Crippen LogP contribution >= 0.6 is 11.6 Å². The normalized spacial score (nSPS) is 17.2. The lowest BCUT2D eigenvalue weighted by Gasteiger charge is -2.34. The van der Waals surface area contributed by atoms with Crippen molar-refractivity contribution in [2.75, 3.05) is 32.0 Å². The second-order valence-electron chi connectivity index (χ2n) is 7.73. The van der Waals surface area contributed by atoms with Crippen LogP contribution in [0.1, 0.15) is 25.7 Å². The number of benzene rings is 2. The van der Waals surface area contributed by atoms with Crippen LogP contribution < -0.4 is 15.4 Å². The molecule has 1 unspecified atom stereocenters. The molecule has 2 aromatic carbocycles. The largest absolute Gasteiger partial charge is 0.573 e. The maximum atomic E-state index is 12.9. The van der Waals surface area contributed by atoms with Crippen LogP contribution in [0.25, 0.3) is 11.1 Å². The Morgan fingerprint density at radius 3 is 2.69 bits per heavy atom. The van der Waals surface area contributed by atoms with E-state index < -0.39 is 6.36 Å². The number of halogens is 4. The number of hydrogen-bond donors (Lipinski definition) is 2. The van der Waals surface area contributed by atoms with Crippen molar-refractivity contribution in [1.82, 2.24) is 10.2 Å². The van der Waals surface area contributed by atoms with Crippen LogP contribution in [-0.4, -0.2) is 49.9 Å².